The number of amides is 2. The third-order valence-electron chi connectivity index (χ3n) is 4.19. The quantitative estimate of drug-likeness (QED) is 0.596. The molecule has 8 heteroatoms. The highest BCUT2D eigenvalue weighted by Gasteiger charge is 2.20. The number of carbonyl (C=O) groups is 2. The number of benzene rings is 2. The Kier molecular flexibility index (Phi) is 4.48. The predicted octanol–water partition coefficient (Wildman–Crippen LogP) is 1.86. The molecule has 7 nitrogen and oxygen atoms in total. The zero-order valence-corrected chi connectivity index (χ0v) is 14.5. The number of nitrogens with two attached hydrogens (primary N) is 2. The first-order valence-electron chi connectivity index (χ1n) is 7.81. The molecule has 0 fully saturated rings. The zero-order valence-electron chi connectivity index (χ0n) is 13.7. The van der Waals surface area contributed by atoms with Gasteiger partial charge >= 0.3 is 0 Å². The van der Waals surface area contributed by atoms with Crippen molar-refractivity contribution in [3.8, 4) is 11.4 Å². The maximum Gasteiger partial charge on any atom is 0.265 e. The average molecular weight is 373 g/mol. The van der Waals surface area contributed by atoms with Gasteiger partial charge in [0, 0.05) is 16.8 Å². The largest absolute Gasteiger partial charge is 0.491 e. The minimum absolute atomic E-state index is 0. The molecule has 3 aromatic rings. The number of halogens is 1. The number of ether oxygens (including phenoxy) is 1. The van der Waals surface area contributed by atoms with Crippen LogP contribution in [0.5, 0.6) is 5.75 Å². The third-order valence-corrected chi connectivity index (χ3v) is 4.19. The van der Waals surface area contributed by atoms with Crippen molar-refractivity contribution in [2.24, 2.45) is 5.73 Å². The lowest BCUT2D eigenvalue weighted by molar-refractivity contribution is 0.0956. The van der Waals surface area contributed by atoms with Gasteiger partial charge in [0.1, 0.15) is 18.1 Å². The molecule has 2 amide bonds. The Hall–Kier alpha value is -3.19. The molecule has 0 radical (unpaired) electrons. The van der Waals surface area contributed by atoms with Crippen molar-refractivity contribution < 1.29 is 14.3 Å². The number of nitrogens with zero attached hydrogens (tertiary/aromatic N) is 1. The zero-order chi connectivity index (χ0) is 17.6. The van der Waals surface area contributed by atoms with Crippen LogP contribution in [0.15, 0.2) is 42.5 Å². The van der Waals surface area contributed by atoms with Gasteiger partial charge in [0.05, 0.1) is 17.6 Å². The van der Waals surface area contributed by atoms with E-state index in [1.807, 2.05) is 6.07 Å². The van der Waals surface area contributed by atoms with E-state index in [2.05, 4.69) is 5.32 Å². The number of nitrogen functional groups attached to an aromatic ring is 1. The number of hydrogen-bond acceptors (Lipinski definition) is 4. The van der Waals surface area contributed by atoms with Crippen LogP contribution in [0.4, 0.5) is 5.69 Å². The van der Waals surface area contributed by atoms with Crippen LogP contribution in [0, 0.1) is 0 Å². The molecule has 0 saturated carbocycles. The summed E-state index contributed by atoms with van der Waals surface area (Å²) in [6, 6.07) is 12.2. The summed E-state index contributed by atoms with van der Waals surface area (Å²) >= 11 is 0. The third kappa shape index (κ3) is 2.82. The highest BCUT2D eigenvalue weighted by Crippen LogP contribution is 2.29. The van der Waals surface area contributed by atoms with Crippen LogP contribution in [-0.2, 0) is 0 Å². The van der Waals surface area contributed by atoms with E-state index in [0.29, 0.717) is 41.5 Å². The summed E-state index contributed by atoms with van der Waals surface area (Å²) < 4.78 is 7.29. The van der Waals surface area contributed by atoms with Crippen LogP contribution >= 0.6 is 12.4 Å². The second-order valence-corrected chi connectivity index (χ2v) is 5.83. The first kappa shape index (κ1) is 17.6. The second kappa shape index (κ2) is 6.61. The Balaban J connectivity index is 0.00000196. The molecule has 1 aromatic heterocycles. The van der Waals surface area contributed by atoms with Crippen molar-refractivity contribution in [3.63, 3.8) is 0 Å². The van der Waals surface area contributed by atoms with E-state index in [1.165, 1.54) is 0 Å². The summed E-state index contributed by atoms with van der Waals surface area (Å²) in [6.45, 7) is 0.859. The number of fused-ring (bicyclic) bond motifs is 2. The lowest BCUT2D eigenvalue weighted by atomic mass is 10.1. The summed E-state index contributed by atoms with van der Waals surface area (Å²) in [5.74, 6) is -0.263. The SMILES string of the molecule is Cl.NC(=O)c1cc2cc(N)ccc2n1-c1ccc2c(c1)C(=O)NCCO2. The molecule has 0 unspecified atom stereocenters. The molecule has 1 aliphatic heterocycles. The molecule has 0 atom stereocenters. The summed E-state index contributed by atoms with van der Waals surface area (Å²) in [4.78, 5) is 24.2. The average Bonchev–Trinajstić information content (AvgIpc) is 2.87. The topological polar surface area (TPSA) is 112 Å². The molecular formula is C18H17ClN4O3. The molecular weight excluding hydrogens is 356 g/mol. The van der Waals surface area contributed by atoms with Gasteiger partial charge in [-0.3, -0.25) is 9.59 Å². The van der Waals surface area contributed by atoms with Crippen molar-refractivity contribution in [3.05, 3.63) is 53.7 Å². The van der Waals surface area contributed by atoms with Crippen molar-refractivity contribution >= 4 is 40.8 Å². The van der Waals surface area contributed by atoms with Crippen LogP contribution in [0.1, 0.15) is 20.8 Å². The first-order valence-corrected chi connectivity index (χ1v) is 7.81. The van der Waals surface area contributed by atoms with Crippen LogP contribution in [0.25, 0.3) is 16.6 Å². The normalized spacial score (nSPS) is 13.2. The van der Waals surface area contributed by atoms with Crippen LogP contribution < -0.4 is 21.5 Å². The van der Waals surface area contributed by atoms with E-state index < -0.39 is 5.91 Å². The Morgan fingerprint density at radius 3 is 2.73 bits per heavy atom. The van der Waals surface area contributed by atoms with Gasteiger partial charge in [-0.15, -0.1) is 12.4 Å². The molecule has 0 spiro atoms. The monoisotopic (exact) mass is 372 g/mol. The fourth-order valence-corrected chi connectivity index (χ4v) is 3.07. The number of anilines is 1. The van der Waals surface area contributed by atoms with Gasteiger partial charge in [-0.25, -0.2) is 0 Å². The Morgan fingerprint density at radius 2 is 1.96 bits per heavy atom. The summed E-state index contributed by atoms with van der Waals surface area (Å²) in [6.07, 6.45) is 0. The number of nitrogens with one attached hydrogen (secondary N) is 1. The molecule has 5 N–H and O–H groups in total. The lowest BCUT2D eigenvalue weighted by Crippen LogP contribution is -2.24. The highest BCUT2D eigenvalue weighted by molar-refractivity contribution is 6.01. The van der Waals surface area contributed by atoms with E-state index in [9.17, 15) is 9.59 Å². The molecule has 4 rings (SSSR count). The minimum atomic E-state index is -0.564. The standard InChI is InChI=1S/C18H16N4O3.ClH/c19-11-1-3-14-10(7-11)8-15(17(20)23)22(14)12-2-4-16-13(9-12)18(24)21-5-6-25-16;/h1-4,7-9H,5-6,19H2,(H2,20,23)(H,21,24);1H. The number of aromatic nitrogens is 1. The van der Waals surface area contributed by atoms with E-state index in [-0.39, 0.29) is 18.3 Å². The van der Waals surface area contributed by atoms with Gasteiger partial charge in [0.15, 0.2) is 0 Å². The molecule has 134 valence electrons. The van der Waals surface area contributed by atoms with Crippen molar-refractivity contribution in [1.82, 2.24) is 9.88 Å². The highest BCUT2D eigenvalue weighted by atomic mass is 35.5. The molecule has 1 aliphatic rings. The van der Waals surface area contributed by atoms with E-state index in [1.54, 1.807) is 41.0 Å². The number of carbonyl (C=O) groups excluding carboxylic acids is 2. The van der Waals surface area contributed by atoms with Crippen molar-refractivity contribution in [1.29, 1.82) is 0 Å². The maximum atomic E-state index is 12.2. The molecule has 0 saturated heterocycles. The van der Waals surface area contributed by atoms with Gasteiger partial charge in [0.2, 0.25) is 0 Å². The van der Waals surface area contributed by atoms with Gasteiger partial charge in [-0.05, 0) is 42.5 Å². The molecule has 0 bridgehead atoms. The van der Waals surface area contributed by atoms with Crippen molar-refractivity contribution in [2.75, 3.05) is 18.9 Å². The van der Waals surface area contributed by atoms with Gasteiger partial charge in [-0.1, -0.05) is 0 Å². The Morgan fingerprint density at radius 1 is 1.15 bits per heavy atom. The Bertz CT molecular complexity index is 1030. The predicted molar refractivity (Wildman–Crippen MR) is 101 cm³/mol. The van der Waals surface area contributed by atoms with Gasteiger partial charge in [0.25, 0.3) is 11.8 Å². The van der Waals surface area contributed by atoms with Gasteiger partial charge < -0.3 is 26.1 Å². The Labute approximate surface area is 155 Å². The molecule has 0 aliphatic carbocycles. The molecule has 2 aromatic carbocycles. The summed E-state index contributed by atoms with van der Waals surface area (Å²) in [5.41, 5.74) is 14.1. The summed E-state index contributed by atoms with van der Waals surface area (Å²) in [7, 11) is 0. The van der Waals surface area contributed by atoms with E-state index in [0.717, 1.165) is 10.9 Å². The number of rotatable bonds is 2. The number of hydrogen-bond donors (Lipinski definition) is 3. The number of primary amides is 1. The molecule has 26 heavy (non-hydrogen) atoms. The van der Waals surface area contributed by atoms with Crippen LogP contribution in [-0.4, -0.2) is 29.5 Å². The minimum Gasteiger partial charge on any atom is -0.491 e. The van der Waals surface area contributed by atoms with E-state index >= 15 is 0 Å². The van der Waals surface area contributed by atoms with Crippen LogP contribution in [0.2, 0.25) is 0 Å². The summed E-state index contributed by atoms with van der Waals surface area (Å²) in [5, 5.41) is 3.57. The lowest BCUT2D eigenvalue weighted by Gasteiger charge is -2.12. The molecule has 2 heterocycles. The fraction of sp³-hybridized carbons (Fsp3) is 0.111. The maximum absolute atomic E-state index is 12.2. The van der Waals surface area contributed by atoms with E-state index in [4.69, 9.17) is 16.2 Å². The van der Waals surface area contributed by atoms with Crippen molar-refractivity contribution in [2.45, 2.75) is 0 Å². The smallest absolute Gasteiger partial charge is 0.265 e. The van der Waals surface area contributed by atoms with Gasteiger partial charge in [-0.2, -0.15) is 0 Å². The second-order valence-electron chi connectivity index (χ2n) is 5.83. The first-order chi connectivity index (χ1) is 12.0. The van der Waals surface area contributed by atoms with Crippen LogP contribution in [0.3, 0.4) is 0 Å². The fourth-order valence-electron chi connectivity index (χ4n) is 3.07.